The molecule has 0 saturated heterocycles. The van der Waals surface area contributed by atoms with E-state index in [-0.39, 0.29) is 0 Å². The Bertz CT molecular complexity index is 744. The molecule has 22 heavy (non-hydrogen) atoms. The molecule has 3 rings (SSSR count). The number of ether oxygens (including phenoxy) is 1. The van der Waals surface area contributed by atoms with E-state index in [0.29, 0.717) is 12.3 Å². The summed E-state index contributed by atoms with van der Waals surface area (Å²) >= 11 is 0. The van der Waals surface area contributed by atoms with Crippen LogP contribution in [0.3, 0.4) is 0 Å². The average Bonchev–Trinajstić information content (AvgIpc) is 3.16. The number of oxazole rings is 1. The van der Waals surface area contributed by atoms with E-state index in [9.17, 15) is 0 Å². The number of hydrogen-bond acceptors (Lipinski definition) is 6. The van der Waals surface area contributed by atoms with Crippen LogP contribution >= 0.6 is 0 Å². The Morgan fingerprint density at radius 1 is 1.27 bits per heavy atom. The highest BCUT2D eigenvalue weighted by molar-refractivity contribution is 5.68. The van der Waals surface area contributed by atoms with Gasteiger partial charge in [-0.25, -0.2) is 4.98 Å². The molecule has 1 N–H and O–H groups in total. The summed E-state index contributed by atoms with van der Waals surface area (Å²) in [4.78, 5) is 3.94. The van der Waals surface area contributed by atoms with Gasteiger partial charge in [0.25, 0.3) is 0 Å². The van der Waals surface area contributed by atoms with Crippen molar-refractivity contribution < 1.29 is 13.7 Å². The van der Waals surface area contributed by atoms with Crippen LogP contribution in [-0.4, -0.2) is 17.3 Å². The lowest BCUT2D eigenvalue weighted by Crippen LogP contribution is -2.03. The number of hydrogen-bond donors (Lipinski definition) is 1. The highest BCUT2D eigenvalue weighted by atomic mass is 16.5. The third-order valence-electron chi connectivity index (χ3n) is 3.55. The first kappa shape index (κ1) is 14.2. The molecule has 0 aliphatic heterocycles. The summed E-state index contributed by atoms with van der Waals surface area (Å²) in [7, 11) is 1.64. The molecule has 0 atom stereocenters. The molecule has 0 aliphatic carbocycles. The van der Waals surface area contributed by atoms with Gasteiger partial charge in [-0.2, -0.15) is 0 Å². The first-order valence-corrected chi connectivity index (χ1v) is 6.91. The van der Waals surface area contributed by atoms with Crippen LogP contribution in [0.4, 0.5) is 5.69 Å². The Hall–Kier alpha value is -2.76. The Labute approximate surface area is 128 Å². The van der Waals surface area contributed by atoms with E-state index in [0.717, 1.165) is 34.0 Å². The summed E-state index contributed by atoms with van der Waals surface area (Å²) in [6.07, 6.45) is 3.09. The van der Waals surface area contributed by atoms with Crippen LogP contribution < -0.4 is 10.1 Å². The molecule has 0 saturated carbocycles. The van der Waals surface area contributed by atoms with Gasteiger partial charge in [-0.1, -0.05) is 5.16 Å². The first-order valence-electron chi connectivity index (χ1n) is 6.91. The van der Waals surface area contributed by atoms with E-state index in [4.69, 9.17) is 13.7 Å². The Kier molecular flexibility index (Phi) is 3.82. The third-order valence-corrected chi connectivity index (χ3v) is 3.55. The minimum atomic E-state index is 0.609. The first-order chi connectivity index (χ1) is 10.7. The molecular weight excluding hydrogens is 282 g/mol. The number of methoxy groups -OCH3 is 1. The summed E-state index contributed by atoms with van der Waals surface area (Å²) in [6.45, 7) is 4.44. The van der Waals surface area contributed by atoms with Gasteiger partial charge in [0.2, 0.25) is 0 Å². The Balaban J connectivity index is 1.87. The van der Waals surface area contributed by atoms with Gasteiger partial charge in [-0.3, -0.25) is 0 Å². The van der Waals surface area contributed by atoms with Crippen molar-refractivity contribution in [3.8, 4) is 17.1 Å². The number of aryl methyl sites for hydroxylation is 2. The summed E-state index contributed by atoms with van der Waals surface area (Å²) in [5, 5.41) is 7.32. The zero-order valence-electron chi connectivity index (χ0n) is 12.7. The lowest BCUT2D eigenvalue weighted by Gasteiger charge is -2.12. The Morgan fingerprint density at radius 3 is 2.77 bits per heavy atom. The zero-order valence-corrected chi connectivity index (χ0v) is 12.7. The van der Waals surface area contributed by atoms with Crippen molar-refractivity contribution in [1.29, 1.82) is 0 Å². The minimum Gasteiger partial charge on any atom is -0.495 e. The molecule has 0 spiro atoms. The maximum absolute atomic E-state index is 5.40. The second-order valence-electron chi connectivity index (χ2n) is 4.94. The van der Waals surface area contributed by atoms with E-state index in [1.54, 1.807) is 13.3 Å². The maximum atomic E-state index is 5.40. The fourth-order valence-electron chi connectivity index (χ4n) is 2.30. The minimum absolute atomic E-state index is 0.609. The molecule has 6 heteroatoms. The predicted molar refractivity (Wildman–Crippen MR) is 81.8 cm³/mol. The van der Waals surface area contributed by atoms with E-state index < -0.39 is 0 Å². The van der Waals surface area contributed by atoms with Gasteiger partial charge in [0.1, 0.15) is 11.5 Å². The summed E-state index contributed by atoms with van der Waals surface area (Å²) in [6, 6.07) is 5.80. The van der Waals surface area contributed by atoms with Gasteiger partial charge in [0, 0.05) is 17.7 Å². The van der Waals surface area contributed by atoms with E-state index in [1.165, 1.54) is 6.39 Å². The molecule has 2 aromatic heterocycles. The SMILES string of the molecule is COc1ccc(-c2cnco2)cc1NCc1c(C)noc1C. The van der Waals surface area contributed by atoms with Crippen molar-refractivity contribution in [2.75, 3.05) is 12.4 Å². The van der Waals surface area contributed by atoms with E-state index >= 15 is 0 Å². The summed E-state index contributed by atoms with van der Waals surface area (Å²) in [5.41, 5.74) is 3.73. The molecular formula is C16H17N3O3. The number of benzene rings is 1. The molecule has 0 bridgehead atoms. The van der Waals surface area contributed by atoms with Gasteiger partial charge < -0.3 is 19.0 Å². The fourth-order valence-corrected chi connectivity index (χ4v) is 2.30. The number of aromatic nitrogens is 2. The van der Waals surface area contributed by atoms with Gasteiger partial charge in [0.05, 0.1) is 24.7 Å². The van der Waals surface area contributed by atoms with Crippen LogP contribution in [-0.2, 0) is 6.54 Å². The molecule has 2 heterocycles. The second kappa shape index (κ2) is 5.93. The monoisotopic (exact) mass is 299 g/mol. The lowest BCUT2D eigenvalue weighted by atomic mass is 10.1. The highest BCUT2D eigenvalue weighted by Crippen LogP contribution is 2.31. The van der Waals surface area contributed by atoms with Crippen LogP contribution in [0.25, 0.3) is 11.3 Å². The standard InChI is InChI=1S/C16H17N3O3/c1-10-13(11(2)22-19-10)7-18-14-6-12(4-5-15(14)20-3)16-8-17-9-21-16/h4-6,8-9,18H,7H2,1-3H3. The van der Waals surface area contributed by atoms with Gasteiger partial charge in [-0.05, 0) is 32.0 Å². The molecule has 3 aromatic rings. The molecule has 0 unspecified atom stereocenters. The number of anilines is 1. The van der Waals surface area contributed by atoms with E-state index in [1.807, 2.05) is 32.0 Å². The molecule has 1 aromatic carbocycles. The van der Waals surface area contributed by atoms with Crippen molar-refractivity contribution in [2.24, 2.45) is 0 Å². The van der Waals surface area contributed by atoms with Gasteiger partial charge in [-0.15, -0.1) is 0 Å². The van der Waals surface area contributed by atoms with Crippen molar-refractivity contribution >= 4 is 5.69 Å². The topological polar surface area (TPSA) is 73.3 Å². The van der Waals surface area contributed by atoms with Crippen molar-refractivity contribution in [3.05, 3.63) is 47.8 Å². The van der Waals surface area contributed by atoms with Crippen LogP contribution in [0.15, 0.2) is 39.7 Å². The van der Waals surface area contributed by atoms with Crippen LogP contribution in [0.5, 0.6) is 5.75 Å². The van der Waals surface area contributed by atoms with Crippen LogP contribution in [0.2, 0.25) is 0 Å². The number of nitrogens with zero attached hydrogens (tertiary/aromatic N) is 2. The second-order valence-corrected chi connectivity index (χ2v) is 4.94. The maximum Gasteiger partial charge on any atom is 0.181 e. The quantitative estimate of drug-likeness (QED) is 0.776. The average molecular weight is 299 g/mol. The molecule has 114 valence electrons. The molecule has 0 radical (unpaired) electrons. The number of nitrogens with one attached hydrogen (secondary N) is 1. The third kappa shape index (κ3) is 2.67. The molecule has 0 aliphatic rings. The normalized spacial score (nSPS) is 10.7. The molecule has 0 amide bonds. The highest BCUT2D eigenvalue weighted by Gasteiger charge is 2.11. The summed E-state index contributed by atoms with van der Waals surface area (Å²) < 4.78 is 15.9. The van der Waals surface area contributed by atoms with E-state index in [2.05, 4.69) is 15.5 Å². The smallest absolute Gasteiger partial charge is 0.181 e. The molecule has 6 nitrogen and oxygen atoms in total. The largest absolute Gasteiger partial charge is 0.495 e. The van der Waals surface area contributed by atoms with Crippen molar-refractivity contribution in [3.63, 3.8) is 0 Å². The Morgan fingerprint density at radius 2 is 2.14 bits per heavy atom. The molecule has 0 fully saturated rings. The van der Waals surface area contributed by atoms with Gasteiger partial charge >= 0.3 is 0 Å². The van der Waals surface area contributed by atoms with Crippen LogP contribution in [0, 0.1) is 13.8 Å². The summed E-state index contributed by atoms with van der Waals surface area (Å²) in [5.74, 6) is 2.29. The zero-order chi connectivity index (χ0) is 15.5. The lowest BCUT2D eigenvalue weighted by molar-refractivity contribution is 0.392. The van der Waals surface area contributed by atoms with Crippen molar-refractivity contribution in [1.82, 2.24) is 10.1 Å². The fraction of sp³-hybridized carbons (Fsp3) is 0.250. The number of rotatable bonds is 5. The van der Waals surface area contributed by atoms with Gasteiger partial charge in [0.15, 0.2) is 12.2 Å². The van der Waals surface area contributed by atoms with Crippen molar-refractivity contribution in [2.45, 2.75) is 20.4 Å². The predicted octanol–water partition coefficient (Wildman–Crippen LogP) is 3.57. The van der Waals surface area contributed by atoms with Crippen LogP contribution in [0.1, 0.15) is 17.0 Å².